The first-order valence-corrected chi connectivity index (χ1v) is 9.77. The van der Waals surface area contributed by atoms with Crippen molar-refractivity contribution < 1.29 is 14.2 Å². The lowest BCUT2D eigenvalue weighted by Crippen LogP contribution is -2.53. The molecule has 0 radical (unpaired) electrons. The Kier molecular flexibility index (Phi) is 5.60. The number of hydrogen-bond donors (Lipinski definition) is 1. The van der Waals surface area contributed by atoms with Gasteiger partial charge in [-0.3, -0.25) is 4.99 Å². The molecule has 0 spiro atoms. The Labute approximate surface area is 155 Å². The van der Waals surface area contributed by atoms with Gasteiger partial charge in [-0.25, -0.2) is 0 Å². The van der Waals surface area contributed by atoms with Gasteiger partial charge in [0.15, 0.2) is 5.96 Å². The molecule has 2 saturated heterocycles. The highest BCUT2D eigenvalue weighted by molar-refractivity contribution is 5.80. The van der Waals surface area contributed by atoms with Gasteiger partial charge in [0.2, 0.25) is 0 Å². The molecule has 26 heavy (non-hydrogen) atoms. The molecule has 3 aliphatic rings. The van der Waals surface area contributed by atoms with E-state index in [0.717, 1.165) is 76.8 Å². The fraction of sp³-hybridized carbons (Fsp3) is 0.650. The molecule has 2 fully saturated rings. The number of fused-ring (bicyclic) bond motifs is 1. The molecule has 6 nitrogen and oxygen atoms in total. The van der Waals surface area contributed by atoms with E-state index in [-0.39, 0.29) is 12.2 Å². The predicted octanol–water partition coefficient (Wildman–Crippen LogP) is 1.62. The van der Waals surface area contributed by atoms with E-state index >= 15 is 0 Å². The largest absolute Gasteiger partial charge is 0.493 e. The summed E-state index contributed by atoms with van der Waals surface area (Å²) in [6, 6.07) is 6.53. The number of morpholine rings is 1. The van der Waals surface area contributed by atoms with E-state index in [1.54, 1.807) is 0 Å². The minimum absolute atomic E-state index is 0.154. The summed E-state index contributed by atoms with van der Waals surface area (Å²) in [5.41, 5.74) is 2.68. The number of nitrogens with one attached hydrogen (secondary N) is 1. The molecular weight excluding hydrogens is 330 g/mol. The van der Waals surface area contributed by atoms with Gasteiger partial charge in [0.25, 0.3) is 0 Å². The number of nitrogens with zero attached hydrogens (tertiary/aromatic N) is 2. The molecular formula is C20H29N3O3. The summed E-state index contributed by atoms with van der Waals surface area (Å²) in [4.78, 5) is 6.77. The number of benzene rings is 1. The third kappa shape index (κ3) is 3.96. The quantitative estimate of drug-likeness (QED) is 0.654. The first-order valence-electron chi connectivity index (χ1n) is 9.77. The Morgan fingerprint density at radius 3 is 3.00 bits per heavy atom. The highest BCUT2D eigenvalue weighted by atomic mass is 16.5. The Balaban J connectivity index is 1.28. The summed E-state index contributed by atoms with van der Waals surface area (Å²) in [7, 11) is 1.85. The van der Waals surface area contributed by atoms with Gasteiger partial charge >= 0.3 is 0 Å². The summed E-state index contributed by atoms with van der Waals surface area (Å²) in [5.74, 6) is 2.01. The zero-order valence-electron chi connectivity index (χ0n) is 15.6. The smallest absolute Gasteiger partial charge is 0.193 e. The van der Waals surface area contributed by atoms with Crippen molar-refractivity contribution in [2.45, 2.75) is 37.9 Å². The molecule has 2 atom stereocenters. The van der Waals surface area contributed by atoms with Crippen LogP contribution in [0.5, 0.6) is 5.75 Å². The molecule has 0 saturated carbocycles. The van der Waals surface area contributed by atoms with Gasteiger partial charge in [-0.2, -0.15) is 0 Å². The maximum Gasteiger partial charge on any atom is 0.193 e. The molecule has 4 rings (SSSR count). The lowest BCUT2D eigenvalue weighted by molar-refractivity contribution is -0.0816. The zero-order valence-corrected chi connectivity index (χ0v) is 15.6. The molecule has 0 aliphatic carbocycles. The van der Waals surface area contributed by atoms with E-state index in [9.17, 15) is 0 Å². The molecule has 3 aliphatic heterocycles. The van der Waals surface area contributed by atoms with Crippen LogP contribution in [0.15, 0.2) is 23.2 Å². The first kappa shape index (κ1) is 17.6. The van der Waals surface area contributed by atoms with Gasteiger partial charge in [0.05, 0.1) is 19.3 Å². The van der Waals surface area contributed by atoms with Crippen LogP contribution in [0.25, 0.3) is 0 Å². The van der Waals surface area contributed by atoms with Gasteiger partial charge in [-0.05, 0) is 36.5 Å². The first-order chi connectivity index (χ1) is 12.8. The van der Waals surface area contributed by atoms with Gasteiger partial charge in [-0.15, -0.1) is 0 Å². The second-order valence-corrected chi connectivity index (χ2v) is 7.17. The molecule has 2 unspecified atom stereocenters. The van der Waals surface area contributed by atoms with Crippen LogP contribution in [0.1, 0.15) is 24.0 Å². The maximum absolute atomic E-state index is 5.94. The van der Waals surface area contributed by atoms with Gasteiger partial charge < -0.3 is 24.4 Å². The number of guanidine groups is 1. The molecule has 0 bridgehead atoms. The van der Waals surface area contributed by atoms with Crippen LogP contribution in [0, 0.1) is 0 Å². The molecule has 1 aromatic rings. The summed E-state index contributed by atoms with van der Waals surface area (Å²) in [5, 5.41) is 3.51. The highest BCUT2D eigenvalue weighted by Gasteiger charge is 2.32. The molecule has 6 heteroatoms. The van der Waals surface area contributed by atoms with Gasteiger partial charge in [0, 0.05) is 39.7 Å². The van der Waals surface area contributed by atoms with Gasteiger partial charge in [0.1, 0.15) is 11.9 Å². The molecule has 142 valence electrons. The number of hydrogen-bond acceptors (Lipinski definition) is 4. The number of aliphatic imine (C=N–C) groups is 1. The Morgan fingerprint density at radius 1 is 1.23 bits per heavy atom. The lowest BCUT2D eigenvalue weighted by Gasteiger charge is -2.37. The van der Waals surface area contributed by atoms with Crippen molar-refractivity contribution in [3.63, 3.8) is 0 Å². The third-order valence-electron chi connectivity index (χ3n) is 5.44. The molecule has 1 N–H and O–H groups in total. The van der Waals surface area contributed by atoms with E-state index in [0.29, 0.717) is 0 Å². The molecule has 0 aromatic heterocycles. The van der Waals surface area contributed by atoms with E-state index in [2.05, 4.69) is 33.4 Å². The monoisotopic (exact) mass is 359 g/mol. The van der Waals surface area contributed by atoms with Crippen LogP contribution in [0.4, 0.5) is 0 Å². The van der Waals surface area contributed by atoms with Crippen molar-refractivity contribution >= 4 is 5.96 Å². The van der Waals surface area contributed by atoms with Crippen LogP contribution in [0.2, 0.25) is 0 Å². The molecule has 0 amide bonds. The normalized spacial score (nSPS) is 25.9. The van der Waals surface area contributed by atoms with E-state index in [1.807, 2.05) is 7.05 Å². The van der Waals surface area contributed by atoms with Crippen LogP contribution in [-0.4, -0.2) is 69.6 Å². The minimum Gasteiger partial charge on any atom is -0.493 e. The average molecular weight is 359 g/mol. The Morgan fingerprint density at radius 2 is 2.15 bits per heavy atom. The standard InChI is InChI=1S/C20H29N3O3/c1-21-20(23-9-12-26-19(14-23)18-3-2-10-24-18)22-8-6-15-4-5-17-16(13-15)7-11-25-17/h4-5,13,18-19H,2-3,6-12,14H2,1H3,(H,21,22). The van der Waals surface area contributed by atoms with E-state index in [1.165, 1.54) is 11.1 Å². The van der Waals surface area contributed by atoms with E-state index < -0.39 is 0 Å². The topological polar surface area (TPSA) is 55.3 Å². The van der Waals surface area contributed by atoms with Crippen molar-refractivity contribution in [2.75, 3.05) is 46.5 Å². The van der Waals surface area contributed by atoms with Gasteiger partial charge in [-0.1, -0.05) is 12.1 Å². The van der Waals surface area contributed by atoms with Crippen LogP contribution < -0.4 is 10.1 Å². The Hall–Kier alpha value is -1.79. The van der Waals surface area contributed by atoms with Crippen LogP contribution in [-0.2, 0) is 22.3 Å². The summed E-state index contributed by atoms with van der Waals surface area (Å²) >= 11 is 0. The summed E-state index contributed by atoms with van der Waals surface area (Å²) < 4.78 is 17.3. The lowest BCUT2D eigenvalue weighted by atomic mass is 10.1. The zero-order chi connectivity index (χ0) is 17.8. The summed E-state index contributed by atoms with van der Waals surface area (Å²) in [6.07, 6.45) is 4.64. The van der Waals surface area contributed by atoms with Crippen molar-refractivity contribution in [3.8, 4) is 5.75 Å². The van der Waals surface area contributed by atoms with E-state index in [4.69, 9.17) is 14.2 Å². The summed E-state index contributed by atoms with van der Waals surface area (Å²) in [6.45, 7) is 5.00. The SMILES string of the molecule is CN=C(NCCc1ccc2c(c1)CCO2)N1CCOC(C2CCCO2)C1. The van der Waals surface area contributed by atoms with Crippen molar-refractivity contribution in [1.82, 2.24) is 10.2 Å². The maximum atomic E-state index is 5.94. The third-order valence-corrected chi connectivity index (χ3v) is 5.44. The second kappa shape index (κ2) is 8.27. The van der Waals surface area contributed by atoms with Crippen molar-refractivity contribution in [2.24, 2.45) is 4.99 Å². The number of ether oxygens (including phenoxy) is 3. The predicted molar refractivity (Wildman–Crippen MR) is 101 cm³/mol. The fourth-order valence-corrected chi connectivity index (χ4v) is 4.03. The minimum atomic E-state index is 0.154. The molecule has 3 heterocycles. The fourth-order valence-electron chi connectivity index (χ4n) is 4.03. The molecule has 1 aromatic carbocycles. The Bertz CT molecular complexity index is 643. The van der Waals surface area contributed by atoms with Crippen molar-refractivity contribution in [1.29, 1.82) is 0 Å². The van der Waals surface area contributed by atoms with Crippen LogP contribution in [0.3, 0.4) is 0 Å². The number of rotatable bonds is 4. The highest BCUT2D eigenvalue weighted by Crippen LogP contribution is 2.26. The average Bonchev–Trinajstić information content (AvgIpc) is 3.36. The van der Waals surface area contributed by atoms with Crippen molar-refractivity contribution in [3.05, 3.63) is 29.3 Å². The van der Waals surface area contributed by atoms with Crippen LogP contribution >= 0.6 is 0 Å². The second-order valence-electron chi connectivity index (χ2n) is 7.17.